The molecule has 0 radical (unpaired) electrons. The highest BCUT2D eigenvalue weighted by Crippen LogP contribution is 2.42. The number of phosphoric acid groups is 1. The summed E-state index contributed by atoms with van der Waals surface area (Å²) in [7, 11) is -4.58. The molecule has 0 atom stereocenters. The van der Waals surface area contributed by atoms with Crippen molar-refractivity contribution in [3.63, 3.8) is 0 Å². The van der Waals surface area contributed by atoms with E-state index in [9.17, 15) is 4.57 Å². The number of hydrogen-bond acceptors (Lipinski definition) is 2. The van der Waals surface area contributed by atoms with Gasteiger partial charge in [0.1, 0.15) is 5.75 Å². The van der Waals surface area contributed by atoms with Crippen LogP contribution in [-0.4, -0.2) is 9.79 Å². The first-order valence-corrected chi connectivity index (χ1v) is 7.89. The van der Waals surface area contributed by atoms with E-state index in [1.165, 1.54) is 0 Å². The van der Waals surface area contributed by atoms with Gasteiger partial charge in [0, 0.05) is 5.56 Å². The van der Waals surface area contributed by atoms with Gasteiger partial charge >= 0.3 is 7.82 Å². The van der Waals surface area contributed by atoms with Gasteiger partial charge in [0.25, 0.3) is 0 Å². The topological polar surface area (TPSA) is 66.8 Å². The standard InChI is InChI=1S/C16H13O4P/c17-21(18,19)20-16-8-4-3-7-15(16)14-10-9-12-5-1-2-6-13(12)11-14/h1-11H,(H2,17,18,19). The molecule has 0 bridgehead atoms. The molecule has 0 heterocycles. The van der Waals surface area contributed by atoms with Crippen molar-refractivity contribution in [3.05, 3.63) is 66.7 Å². The van der Waals surface area contributed by atoms with E-state index in [1.807, 2.05) is 42.5 Å². The molecule has 21 heavy (non-hydrogen) atoms. The number of rotatable bonds is 3. The van der Waals surface area contributed by atoms with Gasteiger partial charge in [0.15, 0.2) is 0 Å². The first kappa shape index (κ1) is 13.8. The maximum atomic E-state index is 11.1. The molecule has 0 aliphatic heterocycles. The molecule has 106 valence electrons. The molecule has 3 rings (SSSR count). The minimum absolute atomic E-state index is 0.168. The molecule has 5 heteroatoms. The molecule has 0 aliphatic carbocycles. The molecule has 0 saturated heterocycles. The van der Waals surface area contributed by atoms with Crippen LogP contribution < -0.4 is 4.52 Å². The van der Waals surface area contributed by atoms with E-state index in [1.54, 1.807) is 24.3 Å². The second-order valence-electron chi connectivity index (χ2n) is 4.64. The molecule has 0 saturated carbocycles. The van der Waals surface area contributed by atoms with Crippen molar-refractivity contribution < 1.29 is 18.9 Å². The summed E-state index contributed by atoms with van der Waals surface area (Å²) in [6.45, 7) is 0. The molecule has 0 unspecified atom stereocenters. The fourth-order valence-electron chi connectivity index (χ4n) is 2.27. The fourth-order valence-corrected chi connectivity index (χ4v) is 2.69. The Morgan fingerprint density at radius 3 is 2.24 bits per heavy atom. The van der Waals surface area contributed by atoms with Crippen molar-refractivity contribution in [3.8, 4) is 16.9 Å². The van der Waals surface area contributed by atoms with Crippen molar-refractivity contribution in [1.82, 2.24) is 0 Å². The van der Waals surface area contributed by atoms with E-state index in [0.717, 1.165) is 16.3 Å². The summed E-state index contributed by atoms with van der Waals surface area (Å²) in [4.78, 5) is 18.0. The van der Waals surface area contributed by atoms with Crippen LogP contribution in [-0.2, 0) is 4.57 Å². The molecular weight excluding hydrogens is 287 g/mol. The van der Waals surface area contributed by atoms with Crippen molar-refractivity contribution in [1.29, 1.82) is 0 Å². The highest BCUT2D eigenvalue weighted by Gasteiger charge is 2.18. The van der Waals surface area contributed by atoms with E-state index in [-0.39, 0.29) is 5.75 Å². The van der Waals surface area contributed by atoms with Crippen LogP contribution in [0.5, 0.6) is 5.75 Å². The molecular formula is C16H13O4P. The second-order valence-corrected chi connectivity index (χ2v) is 5.80. The number of phosphoric ester groups is 1. The van der Waals surface area contributed by atoms with Gasteiger partial charge < -0.3 is 4.52 Å². The monoisotopic (exact) mass is 300 g/mol. The quantitative estimate of drug-likeness (QED) is 0.718. The molecule has 0 spiro atoms. The first-order chi connectivity index (χ1) is 10.0. The molecule has 3 aromatic carbocycles. The van der Waals surface area contributed by atoms with Gasteiger partial charge in [-0.25, -0.2) is 4.57 Å². The Balaban J connectivity index is 2.12. The summed E-state index contributed by atoms with van der Waals surface area (Å²) in [6.07, 6.45) is 0. The van der Waals surface area contributed by atoms with E-state index < -0.39 is 7.82 Å². The zero-order valence-electron chi connectivity index (χ0n) is 11.0. The maximum absolute atomic E-state index is 11.1. The van der Waals surface area contributed by atoms with Crippen LogP contribution in [0.15, 0.2) is 66.7 Å². The normalized spacial score (nSPS) is 11.5. The van der Waals surface area contributed by atoms with Crippen LogP contribution in [0.3, 0.4) is 0 Å². The SMILES string of the molecule is O=P(O)(O)Oc1ccccc1-c1ccc2ccccc2c1. The van der Waals surface area contributed by atoms with E-state index >= 15 is 0 Å². The molecule has 0 amide bonds. The summed E-state index contributed by atoms with van der Waals surface area (Å²) in [5, 5.41) is 2.16. The van der Waals surface area contributed by atoms with Crippen molar-refractivity contribution in [2.24, 2.45) is 0 Å². The Labute approximate surface area is 121 Å². The van der Waals surface area contributed by atoms with Gasteiger partial charge in [-0.3, -0.25) is 9.79 Å². The van der Waals surface area contributed by atoms with Crippen LogP contribution in [0.4, 0.5) is 0 Å². The number of para-hydroxylation sites is 1. The molecule has 2 N–H and O–H groups in total. The summed E-state index contributed by atoms with van der Waals surface area (Å²) < 4.78 is 15.8. The van der Waals surface area contributed by atoms with Crippen LogP contribution in [0, 0.1) is 0 Å². The van der Waals surface area contributed by atoms with Gasteiger partial charge in [0.2, 0.25) is 0 Å². The van der Waals surface area contributed by atoms with Crippen LogP contribution in [0.1, 0.15) is 0 Å². The predicted molar refractivity (Wildman–Crippen MR) is 82.1 cm³/mol. The fraction of sp³-hybridized carbons (Fsp3) is 0. The summed E-state index contributed by atoms with van der Waals surface area (Å²) >= 11 is 0. The predicted octanol–water partition coefficient (Wildman–Crippen LogP) is 3.98. The Kier molecular flexibility index (Phi) is 3.52. The third kappa shape index (κ3) is 3.14. The lowest BCUT2D eigenvalue weighted by Gasteiger charge is -2.12. The Hall–Kier alpha value is -2.13. The Bertz CT molecular complexity index is 838. The molecule has 0 aromatic heterocycles. The lowest BCUT2D eigenvalue weighted by molar-refractivity contribution is 0.283. The first-order valence-electron chi connectivity index (χ1n) is 6.36. The largest absolute Gasteiger partial charge is 0.524 e. The number of benzene rings is 3. The van der Waals surface area contributed by atoms with Crippen LogP contribution in [0.25, 0.3) is 21.9 Å². The Morgan fingerprint density at radius 2 is 1.48 bits per heavy atom. The van der Waals surface area contributed by atoms with Gasteiger partial charge in [-0.2, -0.15) is 0 Å². The van der Waals surface area contributed by atoms with Gasteiger partial charge in [0.05, 0.1) is 0 Å². The average molecular weight is 300 g/mol. The molecule has 0 fully saturated rings. The molecule has 0 aliphatic rings. The maximum Gasteiger partial charge on any atom is 0.524 e. The number of hydrogen-bond donors (Lipinski definition) is 2. The second kappa shape index (κ2) is 5.34. The smallest absolute Gasteiger partial charge is 0.404 e. The highest BCUT2D eigenvalue weighted by molar-refractivity contribution is 7.46. The average Bonchev–Trinajstić information content (AvgIpc) is 2.46. The summed E-state index contributed by atoms with van der Waals surface area (Å²) in [6, 6.07) is 20.6. The van der Waals surface area contributed by atoms with Gasteiger partial charge in [-0.15, -0.1) is 0 Å². The minimum atomic E-state index is -4.58. The van der Waals surface area contributed by atoms with E-state index in [2.05, 4.69) is 0 Å². The van der Waals surface area contributed by atoms with Crippen LogP contribution in [0.2, 0.25) is 0 Å². The zero-order chi connectivity index (χ0) is 14.9. The van der Waals surface area contributed by atoms with E-state index in [0.29, 0.717) is 5.56 Å². The van der Waals surface area contributed by atoms with Gasteiger partial charge in [-0.1, -0.05) is 54.6 Å². The third-order valence-electron chi connectivity index (χ3n) is 3.16. The van der Waals surface area contributed by atoms with Crippen molar-refractivity contribution in [2.75, 3.05) is 0 Å². The lowest BCUT2D eigenvalue weighted by atomic mass is 10.0. The van der Waals surface area contributed by atoms with Crippen molar-refractivity contribution in [2.45, 2.75) is 0 Å². The van der Waals surface area contributed by atoms with E-state index in [4.69, 9.17) is 14.3 Å². The van der Waals surface area contributed by atoms with Crippen molar-refractivity contribution >= 4 is 18.6 Å². The van der Waals surface area contributed by atoms with Gasteiger partial charge in [-0.05, 0) is 28.5 Å². The summed E-state index contributed by atoms with van der Waals surface area (Å²) in [5.74, 6) is 0.168. The van der Waals surface area contributed by atoms with Crippen LogP contribution >= 0.6 is 7.82 Å². The molecule has 4 nitrogen and oxygen atoms in total. The highest BCUT2D eigenvalue weighted by atomic mass is 31.2. The lowest BCUT2D eigenvalue weighted by Crippen LogP contribution is -1.92. The minimum Gasteiger partial charge on any atom is -0.404 e. The zero-order valence-corrected chi connectivity index (χ0v) is 11.9. The molecule has 3 aromatic rings. The summed E-state index contributed by atoms with van der Waals surface area (Å²) in [5.41, 5.74) is 1.49. The number of fused-ring (bicyclic) bond motifs is 1. The third-order valence-corrected chi connectivity index (χ3v) is 3.60. The Morgan fingerprint density at radius 1 is 0.810 bits per heavy atom.